The molecule has 122 valence electrons. The lowest BCUT2D eigenvalue weighted by atomic mass is 10.0. The van der Waals surface area contributed by atoms with Crippen LogP contribution in [0.5, 0.6) is 0 Å². The van der Waals surface area contributed by atoms with E-state index in [1.807, 2.05) is 0 Å². The second-order valence-electron chi connectivity index (χ2n) is 5.61. The predicted octanol–water partition coefficient (Wildman–Crippen LogP) is 4.69. The third-order valence-electron chi connectivity index (χ3n) is 4.12. The molecule has 3 rings (SSSR count). The summed E-state index contributed by atoms with van der Waals surface area (Å²) >= 11 is 12.4. The molecule has 1 aliphatic heterocycles. The maximum absolute atomic E-state index is 6.19. The molecule has 0 bridgehead atoms. The topological polar surface area (TPSA) is 53.9 Å². The van der Waals surface area contributed by atoms with Crippen molar-refractivity contribution in [3.8, 4) is 0 Å². The molecule has 1 N–H and O–H groups in total. The number of anilines is 3. The van der Waals surface area contributed by atoms with Crippen LogP contribution in [0.15, 0.2) is 24.4 Å². The number of benzene rings is 1. The Labute approximate surface area is 146 Å². The fourth-order valence-electron chi connectivity index (χ4n) is 2.91. The average molecular weight is 352 g/mol. The number of para-hydroxylation sites is 1. The van der Waals surface area contributed by atoms with Gasteiger partial charge in [0.15, 0.2) is 5.82 Å². The summed E-state index contributed by atoms with van der Waals surface area (Å²) in [6, 6.07) is 5.84. The molecule has 1 atom stereocenters. The number of halogens is 2. The van der Waals surface area contributed by atoms with Gasteiger partial charge in [-0.3, -0.25) is 0 Å². The van der Waals surface area contributed by atoms with Crippen molar-refractivity contribution in [2.45, 2.75) is 38.6 Å². The Morgan fingerprint density at radius 2 is 2.04 bits per heavy atom. The Morgan fingerprint density at radius 3 is 2.78 bits per heavy atom. The molecule has 0 radical (unpaired) electrons. The van der Waals surface area contributed by atoms with Gasteiger partial charge in [0, 0.05) is 12.6 Å². The zero-order valence-electron chi connectivity index (χ0n) is 13.0. The molecule has 0 spiro atoms. The summed E-state index contributed by atoms with van der Waals surface area (Å²) in [6.07, 6.45) is 6.25. The van der Waals surface area contributed by atoms with E-state index in [4.69, 9.17) is 23.2 Å². The van der Waals surface area contributed by atoms with Gasteiger partial charge in [-0.2, -0.15) is 10.1 Å². The Morgan fingerprint density at radius 1 is 1.26 bits per heavy atom. The van der Waals surface area contributed by atoms with Crippen LogP contribution in [0.2, 0.25) is 10.0 Å². The first-order valence-electron chi connectivity index (χ1n) is 7.86. The maximum Gasteiger partial charge on any atom is 0.247 e. The van der Waals surface area contributed by atoms with E-state index < -0.39 is 0 Å². The lowest BCUT2D eigenvalue weighted by Crippen LogP contribution is -2.40. The van der Waals surface area contributed by atoms with Crippen molar-refractivity contribution in [2.24, 2.45) is 0 Å². The van der Waals surface area contributed by atoms with E-state index >= 15 is 0 Å². The number of hydrogen-bond donors (Lipinski definition) is 1. The van der Waals surface area contributed by atoms with Crippen LogP contribution in [-0.2, 0) is 0 Å². The Kier molecular flexibility index (Phi) is 5.18. The van der Waals surface area contributed by atoms with E-state index in [-0.39, 0.29) is 0 Å². The fraction of sp³-hybridized carbons (Fsp3) is 0.438. The molecule has 23 heavy (non-hydrogen) atoms. The highest BCUT2D eigenvalue weighted by Crippen LogP contribution is 2.32. The first kappa shape index (κ1) is 16.3. The standard InChI is InChI=1S/C16H19Cl2N5/c1-2-11-6-3-4-9-23(11)16-21-14(10-19-22-16)20-15-12(17)7-5-8-13(15)18/h5,7-8,10-11H,2-4,6,9H2,1H3,(H,20,21,22). The van der Waals surface area contributed by atoms with Gasteiger partial charge in [-0.15, -0.1) is 5.10 Å². The van der Waals surface area contributed by atoms with E-state index in [1.54, 1.807) is 24.4 Å². The van der Waals surface area contributed by atoms with Crippen molar-refractivity contribution in [1.29, 1.82) is 0 Å². The van der Waals surface area contributed by atoms with E-state index in [0.717, 1.165) is 19.4 Å². The van der Waals surface area contributed by atoms with Gasteiger partial charge in [0.1, 0.15) is 0 Å². The molecule has 5 nitrogen and oxygen atoms in total. The van der Waals surface area contributed by atoms with E-state index in [2.05, 4.69) is 32.3 Å². The van der Waals surface area contributed by atoms with Gasteiger partial charge in [-0.1, -0.05) is 36.2 Å². The summed E-state index contributed by atoms with van der Waals surface area (Å²) in [4.78, 5) is 6.84. The number of piperidine rings is 1. The van der Waals surface area contributed by atoms with Crippen LogP contribution in [0, 0.1) is 0 Å². The molecule has 1 fully saturated rings. The van der Waals surface area contributed by atoms with Gasteiger partial charge in [0.05, 0.1) is 21.9 Å². The highest BCUT2D eigenvalue weighted by atomic mass is 35.5. The molecule has 1 unspecified atom stereocenters. The third kappa shape index (κ3) is 3.67. The minimum Gasteiger partial charge on any atom is -0.336 e. The lowest BCUT2D eigenvalue weighted by molar-refractivity contribution is 0.442. The van der Waals surface area contributed by atoms with E-state index in [1.165, 1.54) is 12.8 Å². The summed E-state index contributed by atoms with van der Waals surface area (Å²) in [5, 5.41) is 12.5. The average Bonchev–Trinajstić information content (AvgIpc) is 2.58. The van der Waals surface area contributed by atoms with Crippen LogP contribution >= 0.6 is 23.2 Å². The van der Waals surface area contributed by atoms with Crippen molar-refractivity contribution < 1.29 is 0 Å². The smallest absolute Gasteiger partial charge is 0.247 e. The van der Waals surface area contributed by atoms with Crippen LogP contribution in [0.4, 0.5) is 17.5 Å². The Bertz CT molecular complexity index is 659. The normalized spacial score (nSPS) is 18.0. The minimum absolute atomic E-state index is 0.477. The van der Waals surface area contributed by atoms with Gasteiger partial charge in [0.2, 0.25) is 5.95 Å². The van der Waals surface area contributed by atoms with Gasteiger partial charge in [0.25, 0.3) is 0 Å². The number of nitrogens with zero attached hydrogens (tertiary/aromatic N) is 4. The summed E-state index contributed by atoms with van der Waals surface area (Å²) in [7, 11) is 0. The minimum atomic E-state index is 0.477. The van der Waals surface area contributed by atoms with Gasteiger partial charge < -0.3 is 10.2 Å². The van der Waals surface area contributed by atoms with E-state index in [9.17, 15) is 0 Å². The van der Waals surface area contributed by atoms with Crippen molar-refractivity contribution in [3.05, 3.63) is 34.4 Å². The highest BCUT2D eigenvalue weighted by molar-refractivity contribution is 6.39. The first-order valence-corrected chi connectivity index (χ1v) is 8.62. The molecule has 1 aromatic heterocycles. The van der Waals surface area contributed by atoms with Gasteiger partial charge in [-0.25, -0.2) is 0 Å². The summed E-state index contributed by atoms with van der Waals surface area (Å²) in [6.45, 7) is 3.17. The van der Waals surface area contributed by atoms with Crippen molar-refractivity contribution >= 4 is 40.7 Å². The molecule has 0 amide bonds. The number of rotatable bonds is 4. The fourth-order valence-corrected chi connectivity index (χ4v) is 3.40. The number of aromatic nitrogens is 3. The quantitative estimate of drug-likeness (QED) is 0.865. The number of hydrogen-bond acceptors (Lipinski definition) is 5. The maximum atomic E-state index is 6.19. The van der Waals surface area contributed by atoms with Crippen LogP contribution in [-0.4, -0.2) is 27.8 Å². The summed E-state index contributed by atoms with van der Waals surface area (Å²) in [5.41, 5.74) is 0.632. The molecule has 2 aromatic rings. The molecule has 1 aromatic carbocycles. The molecule has 2 heterocycles. The van der Waals surface area contributed by atoms with Crippen molar-refractivity contribution in [3.63, 3.8) is 0 Å². The Balaban J connectivity index is 1.85. The molecule has 1 aliphatic rings. The SMILES string of the molecule is CCC1CCCCN1c1nncc(Nc2c(Cl)cccc2Cl)n1. The van der Waals surface area contributed by atoms with Crippen LogP contribution in [0.25, 0.3) is 0 Å². The van der Waals surface area contributed by atoms with Crippen LogP contribution in [0.3, 0.4) is 0 Å². The molecular formula is C16H19Cl2N5. The Hall–Kier alpha value is -1.59. The third-order valence-corrected chi connectivity index (χ3v) is 4.75. The predicted molar refractivity (Wildman–Crippen MR) is 94.8 cm³/mol. The number of nitrogens with one attached hydrogen (secondary N) is 1. The monoisotopic (exact) mass is 351 g/mol. The van der Waals surface area contributed by atoms with Crippen molar-refractivity contribution in [1.82, 2.24) is 15.2 Å². The summed E-state index contributed by atoms with van der Waals surface area (Å²) in [5.74, 6) is 1.25. The zero-order valence-corrected chi connectivity index (χ0v) is 14.5. The second kappa shape index (κ2) is 7.32. The van der Waals surface area contributed by atoms with Crippen LogP contribution in [0.1, 0.15) is 32.6 Å². The first-order chi connectivity index (χ1) is 11.2. The molecule has 1 saturated heterocycles. The lowest BCUT2D eigenvalue weighted by Gasteiger charge is -2.34. The zero-order chi connectivity index (χ0) is 16.2. The second-order valence-corrected chi connectivity index (χ2v) is 6.43. The van der Waals surface area contributed by atoms with Gasteiger partial charge in [-0.05, 0) is 37.8 Å². The molecule has 7 heteroatoms. The van der Waals surface area contributed by atoms with Gasteiger partial charge >= 0.3 is 0 Å². The van der Waals surface area contributed by atoms with Crippen molar-refractivity contribution in [2.75, 3.05) is 16.8 Å². The molecule has 0 saturated carbocycles. The molecular weight excluding hydrogens is 333 g/mol. The van der Waals surface area contributed by atoms with Crippen LogP contribution < -0.4 is 10.2 Å². The van der Waals surface area contributed by atoms with E-state index in [0.29, 0.717) is 33.5 Å². The summed E-state index contributed by atoms with van der Waals surface area (Å²) < 4.78 is 0. The highest BCUT2D eigenvalue weighted by Gasteiger charge is 2.23. The largest absolute Gasteiger partial charge is 0.336 e. The molecule has 0 aliphatic carbocycles.